The topological polar surface area (TPSA) is 72.0 Å². The number of phenolic OH excluding ortho intramolecular Hbond substituents is 1. The number of aromatic hydroxyl groups is 1. The van der Waals surface area contributed by atoms with Gasteiger partial charge in [-0.25, -0.2) is 15.0 Å². The summed E-state index contributed by atoms with van der Waals surface area (Å²) < 4.78 is 5.30. The molecule has 0 spiro atoms. The molecule has 1 aromatic carbocycles. The third-order valence-corrected chi connectivity index (χ3v) is 3.92. The maximum Gasteiger partial charge on any atom is 0.181 e. The van der Waals surface area contributed by atoms with Crippen LogP contribution in [0, 0.1) is 5.92 Å². The highest BCUT2D eigenvalue weighted by atomic mass is 16.3. The molecule has 3 rings (SSSR count). The molecular weight excluding hydrogens is 290 g/mol. The van der Waals surface area contributed by atoms with Crippen molar-refractivity contribution in [1.82, 2.24) is 15.0 Å². The van der Waals surface area contributed by atoms with E-state index in [2.05, 4.69) is 30.7 Å². The van der Waals surface area contributed by atoms with Gasteiger partial charge in [0.25, 0.3) is 0 Å². The van der Waals surface area contributed by atoms with Crippen molar-refractivity contribution in [2.24, 2.45) is 5.92 Å². The average Bonchev–Trinajstić information content (AvgIpc) is 3.05. The average molecular weight is 311 g/mol. The summed E-state index contributed by atoms with van der Waals surface area (Å²) in [4.78, 5) is 13.2. The van der Waals surface area contributed by atoms with E-state index in [9.17, 15) is 5.11 Å². The Kier molecular flexibility index (Phi) is 4.28. The van der Waals surface area contributed by atoms with Gasteiger partial charge in [0.2, 0.25) is 0 Å². The summed E-state index contributed by atoms with van der Waals surface area (Å²) in [5, 5.41) is 11.3. The first-order chi connectivity index (χ1) is 11.1. The number of aromatic nitrogens is 3. The predicted molar refractivity (Wildman–Crippen MR) is 89.2 cm³/mol. The van der Waals surface area contributed by atoms with Crippen molar-refractivity contribution in [2.45, 2.75) is 40.0 Å². The van der Waals surface area contributed by atoms with E-state index >= 15 is 0 Å². The zero-order chi connectivity index (χ0) is 16.4. The van der Waals surface area contributed by atoms with E-state index < -0.39 is 0 Å². The van der Waals surface area contributed by atoms with Crippen LogP contribution in [-0.2, 0) is 12.8 Å². The quantitative estimate of drug-likeness (QED) is 0.766. The molecule has 0 bridgehead atoms. The molecule has 0 fully saturated rings. The lowest BCUT2D eigenvalue weighted by Gasteiger charge is -2.10. The van der Waals surface area contributed by atoms with Crippen molar-refractivity contribution in [3.05, 3.63) is 36.2 Å². The molecule has 0 aliphatic carbocycles. The van der Waals surface area contributed by atoms with Crippen molar-refractivity contribution in [2.75, 3.05) is 0 Å². The summed E-state index contributed by atoms with van der Waals surface area (Å²) in [6, 6.07) is 3.57. The largest absolute Gasteiger partial charge is 0.507 e. The molecule has 5 nitrogen and oxygen atoms in total. The second-order valence-corrected chi connectivity index (χ2v) is 6.12. The maximum absolute atomic E-state index is 10.3. The Morgan fingerprint density at radius 2 is 2.04 bits per heavy atom. The molecule has 120 valence electrons. The van der Waals surface area contributed by atoms with Crippen molar-refractivity contribution in [3.63, 3.8) is 0 Å². The highest BCUT2D eigenvalue weighted by Crippen LogP contribution is 2.33. The van der Waals surface area contributed by atoms with Gasteiger partial charge in [0.1, 0.15) is 11.6 Å². The minimum Gasteiger partial charge on any atom is -0.507 e. The second-order valence-electron chi connectivity index (χ2n) is 6.12. The molecule has 5 heteroatoms. The second kappa shape index (κ2) is 6.36. The number of oxazole rings is 1. The molecule has 0 aliphatic heterocycles. The summed E-state index contributed by atoms with van der Waals surface area (Å²) >= 11 is 0. The lowest BCUT2D eigenvalue weighted by atomic mass is 10.0. The van der Waals surface area contributed by atoms with Gasteiger partial charge in [-0.1, -0.05) is 20.8 Å². The van der Waals surface area contributed by atoms with Crippen LogP contribution in [0.25, 0.3) is 22.2 Å². The Labute approximate surface area is 135 Å². The van der Waals surface area contributed by atoms with Gasteiger partial charge in [-0.15, -0.1) is 0 Å². The molecule has 0 unspecified atom stereocenters. The van der Waals surface area contributed by atoms with Gasteiger partial charge < -0.3 is 9.52 Å². The highest BCUT2D eigenvalue weighted by molar-refractivity contribution is 5.88. The van der Waals surface area contributed by atoms with Crippen LogP contribution < -0.4 is 0 Å². The number of benzene rings is 1. The Morgan fingerprint density at radius 1 is 1.22 bits per heavy atom. The van der Waals surface area contributed by atoms with Crippen LogP contribution in [0.4, 0.5) is 0 Å². The summed E-state index contributed by atoms with van der Waals surface area (Å²) in [5.74, 6) is 2.14. The Hall–Kier alpha value is -2.43. The fourth-order valence-electron chi connectivity index (χ4n) is 2.63. The van der Waals surface area contributed by atoms with Crippen LogP contribution in [0.2, 0.25) is 0 Å². The molecule has 0 aliphatic rings. The van der Waals surface area contributed by atoms with E-state index in [0.29, 0.717) is 17.2 Å². The number of hydrogen-bond donors (Lipinski definition) is 1. The van der Waals surface area contributed by atoms with Gasteiger partial charge >= 0.3 is 0 Å². The smallest absolute Gasteiger partial charge is 0.181 e. The van der Waals surface area contributed by atoms with Gasteiger partial charge in [-0.2, -0.15) is 0 Å². The van der Waals surface area contributed by atoms with Gasteiger partial charge in [-0.05, 0) is 24.8 Å². The summed E-state index contributed by atoms with van der Waals surface area (Å²) in [7, 11) is 0. The van der Waals surface area contributed by atoms with Crippen LogP contribution >= 0.6 is 0 Å². The predicted octanol–water partition coefficient (Wildman–Crippen LogP) is 4.14. The fourth-order valence-corrected chi connectivity index (χ4v) is 2.63. The van der Waals surface area contributed by atoms with Crippen LogP contribution in [0.5, 0.6) is 5.75 Å². The molecule has 0 saturated carbocycles. The molecule has 0 saturated heterocycles. The van der Waals surface area contributed by atoms with Gasteiger partial charge in [0.15, 0.2) is 12.2 Å². The van der Waals surface area contributed by atoms with Crippen molar-refractivity contribution < 1.29 is 9.52 Å². The van der Waals surface area contributed by atoms with E-state index in [0.717, 1.165) is 41.7 Å². The molecule has 3 aromatic rings. The lowest BCUT2D eigenvalue weighted by molar-refractivity contribution is 0.474. The number of fused-ring (bicyclic) bond motifs is 1. The van der Waals surface area contributed by atoms with E-state index in [1.165, 1.54) is 6.39 Å². The minimum absolute atomic E-state index is 0.143. The van der Waals surface area contributed by atoms with E-state index in [-0.39, 0.29) is 5.75 Å². The van der Waals surface area contributed by atoms with Crippen molar-refractivity contribution in [3.8, 4) is 17.1 Å². The number of nitrogens with zero attached hydrogens (tertiary/aromatic N) is 3. The standard InChI is InChI=1S/C18H21N3O2/c1-4-14-12-7-13(17-9-19-10-23-17)16(22)8-15(12)21-18(20-14)6-5-11(2)3/h7-11,22H,4-6H2,1-3H3. The Bertz CT molecular complexity index is 811. The number of phenols is 1. The van der Waals surface area contributed by atoms with Gasteiger partial charge in [0, 0.05) is 17.9 Å². The monoisotopic (exact) mass is 311 g/mol. The van der Waals surface area contributed by atoms with Crippen molar-refractivity contribution >= 4 is 10.9 Å². The van der Waals surface area contributed by atoms with E-state index in [1.807, 2.05) is 6.07 Å². The van der Waals surface area contributed by atoms with Crippen LogP contribution in [0.15, 0.2) is 29.1 Å². The molecule has 0 radical (unpaired) electrons. The summed E-state index contributed by atoms with van der Waals surface area (Å²) in [5.41, 5.74) is 2.38. The van der Waals surface area contributed by atoms with Crippen LogP contribution in [0.3, 0.4) is 0 Å². The normalized spacial score (nSPS) is 11.5. The number of rotatable bonds is 5. The van der Waals surface area contributed by atoms with Crippen LogP contribution in [0.1, 0.15) is 38.7 Å². The Morgan fingerprint density at radius 3 is 2.70 bits per heavy atom. The molecule has 23 heavy (non-hydrogen) atoms. The summed E-state index contributed by atoms with van der Waals surface area (Å²) in [6.07, 6.45) is 5.66. The van der Waals surface area contributed by atoms with Gasteiger partial charge in [0.05, 0.1) is 23.0 Å². The first kappa shape index (κ1) is 15.5. The van der Waals surface area contributed by atoms with Crippen molar-refractivity contribution in [1.29, 1.82) is 0 Å². The molecule has 2 heterocycles. The maximum atomic E-state index is 10.3. The third-order valence-electron chi connectivity index (χ3n) is 3.92. The summed E-state index contributed by atoms with van der Waals surface area (Å²) in [6.45, 7) is 6.46. The molecular formula is C18H21N3O2. The zero-order valence-electron chi connectivity index (χ0n) is 13.7. The first-order valence-electron chi connectivity index (χ1n) is 7.99. The zero-order valence-corrected chi connectivity index (χ0v) is 13.7. The Balaban J connectivity index is 2.10. The molecule has 0 atom stereocenters. The number of aryl methyl sites for hydroxylation is 2. The molecule has 0 amide bonds. The van der Waals surface area contributed by atoms with Crippen LogP contribution in [-0.4, -0.2) is 20.1 Å². The fraction of sp³-hybridized carbons (Fsp3) is 0.389. The van der Waals surface area contributed by atoms with Gasteiger partial charge in [-0.3, -0.25) is 0 Å². The highest BCUT2D eigenvalue weighted by Gasteiger charge is 2.14. The number of hydrogen-bond acceptors (Lipinski definition) is 5. The van der Waals surface area contributed by atoms with E-state index in [1.54, 1.807) is 12.3 Å². The first-order valence-corrected chi connectivity index (χ1v) is 7.99. The van der Waals surface area contributed by atoms with E-state index in [4.69, 9.17) is 9.40 Å². The lowest BCUT2D eigenvalue weighted by Crippen LogP contribution is -2.03. The molecule has 1 N–H and O–H groups in total. The SMILES string of the molecule is CCc1nc(CCC(C)C)nc2cc(O)c(-c3cnco3)cc12. The minimum atomic E-state index is 0.143. The molecule has 2 aromatic heterocycles. The third kappa shape index (κ3) is 3.18.